The minimum Gasteiger partial charge on any atom is -0.333 e. The van der Waals surface area contributed by atoms with Crippen molar-refractivity contribution < 1.29 is 0 Å². The topological polar surface area (TPSA) is 41.7 Å². The largest absolute Gasteiger partial charge is 0.333 e. The number of hydrogen-bond donors (Lipinski definition) is 1. The number of aromatic nitrogens is 2. The summed E-state index contributed by atoms with van der Waals surface area (Å²) in [5.41, 5.74) is 2.21. The summed E-state index contributed by atoms with van der Waals surface area (Å²) in [6, 6.07) is 0. The lowest BCUT2D eigenvalue weighted by atomic mass is 10.4. The molecule has 0 aliphatic carbocycles. The molecule has 3 nitrogen and oxygen atoms in total. The molecular formula is C7H11N3. The highest BCUT2D eigenvalue weighted by atomic mass is 15.0. The van der Waals surface area contributed by atoms with Crippen LogP contribution < -0.4 is 5.49 Å². The summed E-state index contributed by atoms with van der Waals surface area (Å²) in [5, 5.41) is 7.44. The number of rotatable bonds is 0. The first-order valence-corrected chi connectivity index (χ1v) is 3.16. The molecule has 0 radical (unpaired) electrons. The van der Waals surface area contributed by atoms with E-state index < -0.39 is 0 Å². The van der Waals surface area contributed by atoms with Crippen LogP contribution in [-0.4, -0.2) is 9.55 Å². The summed E-state index contributed by atoms with van der Waals surface area (Å²) in [4.78, 5) is 4.13. The molecule has 3 heteroatoms. The van der Waals surface area contributed by atoms with Gasteiger partial charge in [0.25, 0.3) is 0 Å². The van der Waals surface area contributed by atoms with Crippen molar-refractivity contribution in [3.63, 3.8) is 0 Å². The Morgan fingerprint density at radius 2 is 2.10 bits per heavy atom. The average Bonchev–Trinajstić information content (AvgIpc) is 1.82. The Morgan fingerprint density at radius 1 is 1.50 bits per heavy atom. The van der Waals surface area contributed by atoms with E-state index in [0.29, 0.717) is 5.49 Å². The van der Waals surface area contributed by atoms with Gasteiger partial charge in [0.15, 0.2) is 0 Å². The van der Waals surface area contributed by atoms with Crippen molar-refractivity contribution in [2.75, 3.05) is 0 Å². The molecule has 1 N–H and O–H groups in total. The quantitative estimate of drug-likeness (QED) is 0.556. The van der Waals surface area contributed by atoms with E-state index in [-0.39, 0.29) is 0 Å². The Morgan fingerprint density at radius 3 is 2.60 bits per heavy atom. The monoisotopic (exact) mass is 137 g/mol. The van der Waals surface area contributed by atoms with Crippen molar-refractivity contribution in [3.05, 3.63) is 23.1 Å². The van der Waals surface area contributed by atoms with Crippen molar-refractivity contribution in [1.29, 1.82) is 5.41 Å². The van der Waals surface area contributed by atoms with E-state index in [1.807, 2.05) is 27.1 Å². The van der Waals surface area contributed by atoms with Gasteiger partial charge in [-0.05, 0) is 13.8 Å². The van der Waals surface area contributed by atoms with Crippen LogP contribution in [0.15, 0.2) is 6.20 Å². The highest BCUT2D eigenvalue weighted by Crippen LogP contribution is 1.87. The van der Waals surface area contributed by atoms with Gasteiger partial charge in [0.1, 0.15) is 5.49 Å². The van der Waals surface area contributed by atoms with Gasteiger partial charge in [0.05, 0.1) is 11.4 Å². The maximum atomic E-state index is 7.44. The second-order valence-electron chi connectivity index (χ2n) is 2.43. The van der Waals surface area contributed by atoms with Crippen LogP contribution >= 0.6 is 0 Å². The van der Waals surface area contributed by atoms with Gasteiger partial charge < -0.3 is 4.57 Å². The molecule has 54 valence electrons. The van der Waals surface area contributed by atoms with Gasteiger partial charge in [0.2, 0.25) is 0 Å². The molecule has 0 bridgehead atoms. The van der Waals surface area contributed by atoms with Crippen LogP contribution in [0, 0.1) is 19.3 Å². The van der Waals surface area contributed by atoms with E-state index in [9.17, 15) is 0 Å². The van der Waals surface area contributed by atoms with Crippen molar-refractivity contribution in [1.82, 2.24) is 9.55 Å². The molecule has 10 heavy (non-hydrogen) atoms. The molecule has 0 aliphatic rings. The van der Waals surface area contributed by atoms with Gasteiger partial charge in [-0.1, -0.05) is 0 Å². The molecule has 0 atom stereocenters. The number of nitrogens with zero attached hydrogens (tertiary/aromatic N) is 2. The maximum absolute atomic E-state index is 7.44. The average molecular weight is 137 g/mol. The molecule has 1 aromatic heterocycles. The first-order chi connectivity index (χ1) is 4.61. The Hall–Kier alpha value is -1.12. The summed E-state index contributed by atoms with van der Waals surface area (Å²) in [6.07, 6.45) is 1.84. The van der Waals surface area contributed by atoms with Crippen molar-refractivity contribution in [3.8, 4) is 0 Å². The summed E-state index contributed by atoms with van der Waals surface area (Å²) >= 11 is 0. The van der Waals surface area contributed by atoms with E-state index in [1.165, 1.54) is 0 Å². The Labute approximate surface area is 59.9 Å². The standard InChI is InChI=1S/C7H11N3/c1-5-4-10(3)7(8)6(2)9-5/h4,8H,1-3H3. The van der Waals surface area contributed by atoms with Crippen LogP contribution in [-0.2, 0) is 7.05 Å². The second kappa shape index (κ2) is 2.25. The maximum Gasteiger partial charge on any atom is 0.146 e. The Bertz CT molecular complexity index is 272. The zero-order valence-corrected chi connectivity index (χ0v) is 6.47. The molecule has 0 spiro atoms. The van der Waals surface area contributed by atoms with Gasteiger partial charge >= 0.3 is 0 Å². The fourth-order valence-corrected chi connectivity index (χ4v) is 0.946. The Kier molecular flexibility index (Phi) is 1.57. The number of hydrogen-bond acceptors (Lipinski definition) is 2. The summed E-state index contributed by atoms with van der Waals surface area (Å²) in [7, 11) is 1.85. The highest BCUT2D eigenvalue weighted by Gasteiger charge is 1.93. The van der Waals surface area contributed by atoms with Crippen molar-refractivity contribution in [2.45, 2.75) is 13.8 Å². The zero-order chi connectivity index (χ0) is 7.72. The third-order valence-electron chi connectivity index (χ3n) is 1.42. The SMILES string of the molecule is Cc1cn(C)c(=N)c(C)n1. The third-order valence-corrected chi connectivity index (χ3v) is 1.42. The van der Waals surface area contributed by atoms with Gasteiger partial charge in [-0.15, -0.1) is 0 Å². The van der Waals surface area contributed by atoms with Crippen molar-refractivity contribution in [2.24, 2.45) is 7.05 Å². The lowest BCUT2D eigenvalue weighted by Crippen LogP contribution is -2.20. The fraction of sp³-hybridized carbons (Fsp3) is 0.429. The first kappa shape index (κ1) is 6.99. The van der Waals surface area contributed by atoms with Crippen LogP contribution in [0.3, 0.4) is 0 Å². The van der Waals surface area contributed by atoms with E-state index in [2.05, 4.69) is 4.98 Å². The molecule has 1 aromatic rings. The molecule has 0 amide bonds. The molecule has 0 aromatic carbocycles. The zero-order valence-electron chi connectivity index (χ0n) is 6.47. The Balaban J connectivity index is 3.46. The molecule has 0 saturated carbocycles. The summed E-state index contributed by atoms with van der Waals surface area (Å²) in [6.45, 7) is 3.77. The summed E-state index contributed by atoms with van der Waals surface area (Å²) in [5.74, 6) is 0. The van der Waals surface area contributed by atoms with Crippen LogP contribution in [0.25, 0.3) is 0 Å². The first-order valence-electron chi connectivity index (χ1n) is 3.16. The highest BCUT2D eigenvalue weighted by molar-refractivity contribution is 4.99. The predicted molar refractivity (Wildman–Crippen MR) is 38.5 cm³/mol. The lowest BCUT2D eigenvalue weighted by molar-refractivity contribution is 0.768. The van der Waals surface area contributed by atoms with Gasteiger partial charge in [-0.2, -0.15) is 0 Å². The van der Waals surface area contributed by atoms with Gasteiger partial charge in [0, 0.05) is 13.2 Å². The van der Waals surface area contributed by atoms with E-state index in [1.54, 1.807) is 4.57 Å². The smallest absolute Gasteiger partial charge is 0.146 e. The molecule has 1 rings (SSSR count). The minimum atomic E-state index is 0.477. The molecule has 0 saturated heterocycles. The van der Waals surface area contributed by atoms with Crippen molar-refractivity contribution >= 4 is 0 Å². The molecule has 0 fully saturated rings. The van der Waals surface area contributed by atoms with E-state index in [0.717, 1.165) is 11.4 Å². The molecule has 0 aliphatic heterocycles. The molecule has 1 heterocycles. The fourth-order valence-electron chi connectivity index (χ4n) is 0.946. The lowest BCUT2D eigenvalue weighted by Gasteiger charge is -2.01. The third kappa shape index (κ3) is 1.07. The van der Waals surface area contributed by atoms with Crippen LogP contribution in [0.1, 0.15) is 11.4 Å². The van der Waals surface area contributed by atoms with E-state index >= 15 is 0 Å². The van der Waals surface area contributed by atoms with Crippen LogP contribution in [0.2, 0.25) is 0 Å². The second-order valence-corrected chi connectivity index (χ2v) is 2.43. The number of nitrogens with one attached hydrogen (secondary N) is 1. The van der Waals surface area contributed by atoms with Crippen LogP contribution in [0.5, 0.6) is 0 Å². The van der Waals surface area contributed by atoms with E-state index in [4.69, 9.17) is 5.41 Å². The number of aryl methyl sites for hydroxylation is 3. The molecule has 0 unspecified atom stereocenters. The predicted octanol–water partition coefficient (Wildman–Crippen LogP) is 0.516. The normalized spacial score (nSPS) is 9.90. The minimum absolute atomic E-state index is 0.477. The van der Waals surface area contributed by atoms with Gasteiger partial charge in [-0.25, -0.2) is 0 Å². The molecular weight excluding hydrogens is 126 g/mol. The summed E-state index contributed by atoms with van der Waals surface area (Å²) < 4.78 is 1.76. The van der Waals surface area contributed by atoms with Crippen LogP contribution in [0.4, 0.5) is 0 Å². The van der Waals surface area contributed by atoms with Gasteiger partial charge in [-0.3, -0.25) is 10.4 Å².